The normalized spacial score (nSPS) is 10.6. The van der Waals surface area contributed by atoms with Gasteiger partial charge in [0.2, 0.25) is 0 Å². The molecule has 0 saturated heterocycles. The van der Waals surface area contributed by atoms with Crippen molar-refractivity contribution in [3.05, 3.63) is 46.8 Å². The SMILES string of the molecule is CCc1ccc(Cc2oc(N)nc2C)cc1. The van der Waals surface area contributed by atoms with Gasteiger partial charge in [0.05, 0.1) is 5.69 Å². The molecule has 3 heteroatoms. The average Bonchev–Trinajstić information content (AvgIpc) is 2.59. The summed E-state index contributed by atoms with van der Waals surface area (Å²) in [4.78, 5) is 4.05. The van der Waals surface area contributed by atoms with Gasteiger partial charge in [0.25, 0.3) is 6.01 Å². The molecule has 0 aliphatic rings. The second-order valence-electron chi connectivity index (χ2n) is 3.91. The third kappa shape index (κ3) is 2.24. The highest BCUT2D eigenvalue weighted by atomic mass is 16.4. The maximum Gasteiger partial charge on any atom is 0.292 e. The van der Waals surface area contributed by atoms with Crippen molar-refractivity contribution in [1.29, 1.82) is 0 Å². The van der Waals surface area contributed by atoms with Crippen molar-refractivity contribution in [2.24, 2.45) is 0 Å². The molecule has 2 N–H and O–H groups in total. The van der Waals surface area contributed by atoms with E-state index in [0.717, 1.165) is 24.3 Å². The second-order valence-corrected chi connectivity index (χ2v) is 3.91. The predicted molar refractivity (Wildman–Crippen MR) is 64.3 cm³/mol. The van der Waals surface area contributed by atoms with E-state index in [1.807, 2.05) is 6.92 Å². The van der Waals surface area contributed by atoms with E-state index >= 15 is 0 Å². The van der Waals surface area contributed by atoms with Crippen LogP contribution in [0.5, 0.6) is 0 Å². The first-order valence-corrected chi connectivity index (χ1v) is 5.48. The smallest absolute Gasteiger partial charge is 0.292 e. The Hall–Kier alpha value is -1.77. The number of rotatable bonds is 3. The van der Waals surface area contributed by atoms with Gasteiger partial charge >= 0.3 is 0 Å². The maximum atomic E-state index is 5.50. The van der Waals surface area contributed by atoms with Crippen molar-refractivity contribution in [3.63, 3.8) is 0 Å². The van der Waals surface area contributed by atoms with Gasteiger partial charge in [-0.05, 0) is 24.5 Å². The summed E-state index contributed by atoms with van der Waals surface area (Å²) in [7, 11) is 0. The molecular formula is C13H16N2O. The number of hydrogen-bond donors (Lipinski definition) is 1. The molecule has 0 aliphatic heterocycles. The molecule has 1 aromatic heterocycles. The van der Waals surface area contributed by atoms with E-state index < -0.39 is 0 Å². The molecule has 0 aliphatic carbocycles. The fraction of sp³-hybridized carbons (Fsp3) is 0.308. The van der Waals surface area contributed by atoms with Crippen molar-refractivity contribution in [2.45, 2.75) is 26.7 Å². The fourth-order valence-corrected chi connectivity index (χ4v) is 1.69. The molecule has 0 amide bonds. The zero-order valence-corrected chi connectivity index (χ0v) is 9.66. The minimum atomic E-state index is 0.248. The third-order valence-corrected chi connectivity index (χ3v) is 2.71. The number of anilines is 1. The van der Waals surface area contributed by atoms with Crippen LogP contribution in [-0.4, -0.2) is 4.98 Å². The molecule has 0 unspecified atom stereocenters. The number of oxazole rings is 1. The van der Waals surface area contributed by atoms with Crippen LogP contribution in [-0.2, 0) is 12.8 Å². The topological polar surface area (TPSA) is 52.0 Å². The van der Waals surface area contributed by atoms with Crippen LogP contribution in [0.3, 0.4) is 0 Å². The third-order valence-electron chi connectivity index (χ3n) is 2.71. The van der Waals surface area contributed by atoms with Crippen molar-refractivity contribution < 1.29 is 4.42 Å². The summed E-state index contributed by atoms with van der Waals surface area (Å²) in [6.45, 7) is 4.06. The number of benzene rings is 1. The van der Waals surface area contributed by atoms with Crippen LogP contribution in [0.25, 0.3) is 0 Å². The molecule has 1 aromatic carbocycles. The van der Waals surface area contributed by atoms with Gasteiger partial charge in [0.15, 0.2) is 0 Å². The molecule has 0 bridgehead atoms. The van der Waals surface area contributed by atoms with Crippen LogP contribution in [0.4, 0.5) is 6.01 Å². The first kappa shape index (κ1) is 10.7. The Labute approximate surface area is 95.3 Å². The molecule has 0 saturated carbocycles. The van der Waals surface area contributed by atoms with E-state index in [2.05, 4.69) is 36.2 Å². The number of nitrogens with two attached hydrogens (primary N) is 1. The summed E-state index contributed by atoms with van der Waals surface area (Å²) in [6, 6.07) is 8.78. The number of hydrogen-bond acceptors (Lipinski definition) is 3. The molecule has 3 nitrogen and oxygen atoms in total. The average molecular weight is 216 g/mol. The van der Waals surface area contributed by atoms with Gasteiger partial charge in [-0.2, -0.15) is 4.98 Å². The van der Waals surface area contributed by atoms with E-state index in [1.165, 1.54) is 11.1 Å². The van der Waals surface area contributed by atoms with E-state index in [-0.39, 0.29) is 6.01 Å². The molecule has 2 rings (SSSR count). The number of nitrogens with zero attached hydrogens (tertiary/aromatic N) is 1. The van der Waals surface area contributed by atoms with Crippen molar-refractivity contribution in [1.82, 2.24) is 4.98 Å². The van der Waals surface area contributed by atoms with E-state index in [9.17, 15) is 0 Å². The summed E-state index contributed by atoms with van der Waals surface area (Å²) < 4.78 is 5.34. The highest BCUT2D eigenvalue weighted by molar-refractivity contribution is 5.28. The summed E-state index contributed by atoms with van der Waals surface area (Å²) >= 11 is 0. The lowest BCUT2D eigenvalue weighted by Gasteiger charge is -2.01. The molecular weight excluding hydrogens is 200 g/mol. The maximum absolute atomic E-state index is 5.50. The lowest BCUT2D eigenvalue weighted by Crippen LogP contribution is -1.89. The molecule has 0 atom stereocenters. The highest BCUT2D eigenvalue weighted by Gasteiger charge is 2.07. The minimum Gasteiger partial charge on any atom is -0.428 e. The largest absolute Gasteiger partial charge is 0.428 e. The molecule has 2 aromatic rings. The molecule has 0 spiro atoms. The molecule has 0 fully saturated rings. The van der Waals surface area contributed by atoms with Gasteiger partial charge in [-0.3, -0.25) is 0 Å². The van der Waals surface area contributed by atoms with E-state index in [1.54, 1.807) is 0 Å². The summed E-state index contributed by atoms with van der Waals surface area (Å²) in [5.74, 6) is 0.849. The standard InChI is InChI=1S/C13H16N2O/c1-3-10-4-6-11(7-5-10)8-12-9(2)15-13(14)16-12/h4-7H,3,8H2,1-2H3,(H2,14,15). The van der Waals surface area contributed by atoms with Gasteiger partial charge in [-0.1, -0.05) is 31.2 Å². The van der Waals surface area contributed by atoms with Crippen LogP contribution >= 0.6 is 0 Å². The van der Waals surface area contributed by atoms with E-state index in [0.29, 0.717) is 0 Å². The summed E-state index contributed by atoms with van der Waals surface area (Å²) in [6.07, 6.45) is 1.81. The quantitative estimate of drug-likeness (QED) is 0.858. The minimum absolute atomic E-state index is 0.248. The van der Waals surface area contributed by atoms with Crippen LogP contribution in [0.2, 0.25) is 0 Å². The molecule has 1 heterocycles. The molecule has 16 heavy (non-hydrogen) atoms. The van der Waals surface area contributed by atoms with Crippen molar-refractivity contribution in [3.8, 4) is 0 Å². The lowest BCUT2D eigenvalue weighted by molar-refractivity contribution is 0.532. The Morgan fingerprint density at radius 2 is 1.81 bits per heavy atom. The monoisotopic (exact) mass is 216 g/mol. The number of nitrogen functional groups attached to an aromatic ring is 1. The molecule has 84 valence electrons. The van der Waals surface area contributed by atoms with Crippen molar-refractivity contribution in [2.75, 3.05) is 5.73 Å². The van der Waals surface area contributed by atoms with Gasteiger partial charge < -0.3 is 10.2 Å². The zero-order valence-electron chi connectivity index (χ0n) is 9.66. The van der Waals surface area contributed by atoms with E-state index in [4.69, 9.17) is 10.2 Å². The summed E-state index contributed by atoms with van der Waals surface area (Å²) in [5, 5.41) is 0. The Kier molecular flexibility index (Phi) is 2.95. The highest BCUT2D eigenvalue weighted by Crippen LogP contribution is 2.16. The van der Waals surface area contributed by atoms with Gasteiger partial charge in [-0.15, -0.1) is 0 Å². The lowest BCUT2D eigenvalue weighted by atomic mass is 10.1. The van der Waals surface area contributed by atoms with Gasteiger partial charge in [0, 0.05) is 6.42 Å². The zero-order chi connectivity index (χ0) is 11.5. The molecule has 0 radical (unpaired) electrons. The Bertz CT molecular complexity index is 471. The fourth-order valence-electron chi connectivity index (χ4n) is 1.69. The number of aryl methyl sites for hydroxylation is 2. The Morgan fingerprint density at radius 1 is 1.19 bits per heavy atom. The summed E-state index contributed by atoms with van der Waals surface area (Å²) in [5.41, 5.74) is 8.94. The number of aromatic nitrogens is 1. The van der Waals surface area contributed by atoms with Gasteiger partial charge in [-0.25, -0.2) is 0 Å². The van der Waals surface area contributed by atoms with Crippen LogP contribution < -0.4 is 5.73 Å². The second kappa shape index (κ2) is 4.39. The first-order chi connectivity index (χ1) is 7.69. The predicted octanol–water partition coefficient (Wildman–Crippen LogP) is 2.72. The Morgan fingerprint density at radius 3 is 2.31 bits per heavy atom. The van der Waals surface area contributed by atoms with Crippen LogP contribution in [0.1, 0.15) is 29.5 Å². The van der Waals surface area contributed by atoms with Crippen LogP contribution in [0, 0.1) is 6.92 Å². The van der Waals surface area contributed by atoms with Crippen molar-refractivity contribution >= 4 is 6.01 Å². The Balaban J connectivity index is 2.17. The van der Waals surface area contributed by atoms with Crippen LogP contribution in [0.15, 0.2) is 28.7 Å². The van der Waals surface area contributed by atoms with Gasteiger partial charge in [0.1, 0.15) is 5.76 Å². The first-order valence-electron chi connectivity index (χ1n) is 5.48.